The summed E-state index contributed by atoms with van der Waals surface area (Å²) in [5, 5.41) is 2.98. The van der Waals surface area contributed by atoms with E-state index in [4.69, 9.17) is 4.42 Å². The van der Waals surface area contributed by atoms with Gasteiger partial charge < -0.3 is 4.42 Å². The Bertz CT molecular complexity index is 1030. The van der Waals surface area contributed by atoms with E-state index in [1.54, 1.807) is 4.40 Å². The van der Waals surface area contributed by atoms with Crippen molar-refractivity contribution in [2.45, 2.75) is 6.92 Å². The number of fused-ring (bicyclic) bond motifs is 5. The van der Waals surface area contributed by atoms with Crippen molar-refractivity contribution >= 4 is 27.3 Å². The number of rotatable bonds is 0. The van der Waals surface area contributed by atoms with Gasteiger partial charge in [-0.05, 0) is 17.5 Å². The minimum Gasteiger partial charge on any atom is -0.371 e. The van der Waals surface area contributed by atoms with E-state index in [9.17, 15) is 4.79 Å². The third kappa shape index (κ3) is 1.40. The topological polar surface area (TPSA) is 34.3 Å². The molecular formula is C17H12NO2+. The van der Waals surface area contributed by atoms with Crippen LogP contribution in [0.2, 0.25) is 0 Å². The number of aryl methyl sites for hydroxylation is 1. The van der Waals surface area contributed by atoms with Gasteiger partial charge >= 0.3 is 5.76 Å². The van der Waals surface area contributed by atoms with Gasteiger partial charge in [-0.15, -0.1) is 0 Å². The van der Waals surface area contributed by atoms with E-state index >= 15 is 0 Å². The SMILES string of the molecule is Cc1cccc2c3ccc4ccccc4c3oc(=O)[n+]12. The molecule has 3 heteroatoms. The van der Waals surface area contributed by atoms with E-state index < -0.39 is 0 Å². The average molecular weight is 262 g/mol. The summed E-state index contributed by atoms with van der Waals surface area (Å²) in [5.74, 6) is -0.345. The van der Waals surface area contributed by atoms with E-state index in [1.807, 2.05) is 55.5 Å². The van der Waals surface area contributed by atoms with E-state index in [2.05, 4.69) is 6.07 Å². The second kappa shape index (κ2) is 3.90. The van der Waals surface area contributed by atoms with Gasteiger partial charge in [0.1, 0.15) is 0 Å². The summed E-state index contributed by atoms with van der Waals surface area (Å²) in [4.78, 5) is 12.3. The summed E-state index contributed by atoms with van der Waals surface area (Å²) in [6.07, 6.45) is 0. The molecule has 0 saturated carbocycles. The molecule has 2 heterocycles. The summed E-state index contributed by atoms with van der Waals surface area (Å²) >= 11 is 0. The summed E-state index contributed by atoms with van der Waals surface area (Å²) in [5.41, 5.74) is 2.40. The molecule has 2 aromatic heterocycles. The normalized spacial score (nSPS) is 11.4. The number of benzene rings is 2. The van der Waals surface area contributed by atoms with Gasteiger partial charge in [-0.2, -0.15) is 4.79 Å². The molecule has 4 rings (SSSR count). The van der Waals surface area contributed by atoms with Gasteiger partial charge in [-0.3, -0.25) is 0 Å². The first-order valence-electron chi connectivity index (χ1n) is 6.52. The highest BCUT2D eigenvalue weighted by atomic mass is 16.4. The lowest BCUT2D eigenvalue weighted by molar-refractivity contribution is -0.550. The minimum absolute atomic E-state index is 0.345. The Morgan fingerprint density at radius 2 is 1.75 bits per heavy atom. The van der Waals surface area contributed by atoms with Gasteiger partial charge in [0.25, 0.3) is 0 Å². The van der Waals surface area contributed by atoms with Gasteiger partial charge in [0.2, 0.25) is 5.52 Å². The van der Waals surface area contributed by atoms with Crippen LogP contribution >= 0.6 is 0 Å². The summed E-state index contributed by atoms with van der Waals surface area (Å²) in [7, 11) is 0. The fourth-order valence-electron chi connectivity index (χ4n) is 2.76. The molecule has 96 valence electrons. The largest absolute Gasteiger partial charge is 0.608 e. The number of aromatic nitrogens is 1. The zero-order valence-corrected chi connectivity index (χ0v) is 11.0. The van der Waals surface area contributed by atoms with Crippen LogP contribution in [0.15, 0.2) is 63.8 Å². The number of pyridine rings is 1. The Balaban J connectivity index is 2.37. The molecule has 0 aliphatic rings. The van der Waals surface area contributed by atoms with Crippen LogP contribution in [0.1, 0.15) is 5.69 Å². The first-order chi connectivity index (χ1) is 9.75. The smallest absolute Gasteiger partial charge is 0.371 e. The van der Waals surface area contributed by atoms with Gasteiger partial charge in [-0.25, -0.2) is 0 Å². The standard InChI is InChI=1S/C17H12NO2/c1-11-5-4-8-15-14-10-9-12-6-2-3-7-13(12)16(14)20-17(19)18(11)15/h2-10H,1H3/q+1. The summed E-state index contributed by atoms with van der Waals surface area (Å²) in [6, 6.07) is 17.8. The number of hydrogen-bond donors (Lipinski definition) is 0. The fourth-order valence-corrected chi connectivity index (χ4v) is 2.76. The van der Waals surface area contributed by atoms with E-state index in [0.717, 1.165) is 27.4 Å². The molecule has 0 saturated heterocycles. The van der Waals surface area contributed by atoms with E-state index in [0.29, 0.717) is 5.58 Å². The van der Waals surface area contributed by atoms with Gasteiger partial charge in [-0.1, -0.05) is 34.7 Å². The van der Waals surface area contributed by atoms with Crippen LogP contribution in [0, 0.1) is 6.92 Å². The minimum atomic E-state index is -0.345. The molecule has 0 unspecified atom stereocenters. The van der Waals surface area contributed by atoms with Gasteiger partial charge in [0, 0.05) is 24.4 Å². The first-order valence-corrected chi connectivity index (χ1v) is 6.52. The van der Waals surface area contributed by atoms with Crippen molar-refractivity contribution in [1.82, 2.24) is 0 Å². The highest BCUT2D eigenvalue weighted by Gasteiger charge is 2.18. The second-order valence-corrected chi connectivity index (χ2v) is 4.92. The van der Waals surface area contributed by atoms with Crippen LogP contribution < -0.4 is 10.2 Å². The predicted molar refractivity (Wildman–Crippen MR) is 77.9 cm³/mol. The van der Waals surface area contributed by atoms with Crippen molar-refractivity contribution in [3.63, 3.8) is 0 Å². The first kappa shape index (κ1) is 11.2. The zero-order valence-electron chi connectivity index (χ0n) is 11.0. The van der Waals surface area contributed by atoms with Crippen molar-refractivity contribution in [3.05, 3.63) is 70.8 Å². The second-order valence-electron chi connectivity index (χ2n) is 4.92. The molecule has 0 bridgehead atoms. The molecule has 0 atom stereocenters. The van der Waals surface area contributed by atoms with E-state index in [-0.39, 0.29) is 5.76 Å². The molecule has 20 heavy (non-hydrogen) atoms. The fraction of sp³-hybridized carbons (Fsp3) is 0.0588. The number of hydrogen-bond acceptors (Lipinski definition) is 2. The third-order valence-electron chi connectivity index (χ3n) is 3.71. The maximum Gasteiger partial charge on any atom is 0.608 e. The van der Waals surface area contributed by atoms with Gasteiger partial charge in [0.15, 0.2) is 11.3 Å². The van der Waals surface area contributed by atoms with Crippen LogP contribution in [0.5, 0.6) is 0 Å². The monoisotopic (exact) mass is 262 g/mol. The van der Waals surface area contributed by atoms with Crippen LogP contribution in [0.25, 0.3) is 27.3 Å². The Kier molecular flexibility index (Phi) is 2.18. The van der Waals surface area contributed by atoms with Crippen molar-refractivity contribution in [2.75, 3.05) is 0 Å². The lowest BCUT2D eigenvalue weighted by atomic mass is 10.1. The van der Waals surface area contributed by atoms with Crippen molar-refractivity contribution in [1.29, 1.82) is 0 Å². The molecule has 0 aliphatic heterocycles. The summed E-state index contributed by atoms with van der Waals surface area (Å²) < 4.78 is 7.18. The van der Waals surface area contributed by atoms with E-state index in [1.165, 1.54) is 0 Å². The Morgan fingerprint density at radius 1 is 0.900 bits per heavy atom. The van der Waals surface area contributed by atoms with Crippen molar-refractivity contribution in [3.8, 4) is 0 Å². The lowest BCUT2D eigenvalue weighted by Gasteiger charge is -2.02. The molecule has 4 aromatic rings. The summed E-state index contributed by atoms with van der Waals surface area (Å²) in [6.45, 7) is 1.90. The van der Waals surface area contributed by atoms with Crippen LogP contribution in [0.3, 0.4) is 0 Å². The van der Waals surface area contributed by atoms with Crippen molar-refractivity contribution < 1.29 is 8.82 Å². The molecule has 0 radical (unpaired) electrons. The van der Waals surface area contributed by atoms with Crippen LogP contribution in [-0.2, 0) is 0 Å². The molecule has 0 N–H and O–H groups in total. The Labute approximate surface area is 114 Å². The maximum absolute atomic E-state index is 12.3. The molecule has 0 amide bonds. The Hall–Kier alpha value is -2.68. The molecule has 0 aliphatic carbocycles. The molecular weight excluding hydrogens is 250 g/mol. The molecule has 3 nitrogen and oxygen atoms in total. The highest BCUT2D eigenvalue weighted by Crippen LogP contribution is 2.25. The molecule has 0 spiro atoms. The van der Waals surface area contributed by atoms with Gasteiger partial charge in [0.05, 0.1) is 5.39 Å². The highest BCUT2D eigenvalue weighted by molar-refractivity contribution is 6.07. The quantitative estimate of drug-likeness (QED) is 0.360. The molecule has 2 aromatic carbocycles. The predicted octanol–water partition coefficient (Wildman–Crippen LogP) is 2.99. The lowest BCUT2D eigenvalue weighted by Crippen LogP contribution is -2.42. The average Bonchev–Trinajstić information content (AvgIpc) is 2.47. The number of nitrogens with zero attached hydrogens (tertiary/aromatic N) is 1. The van der Waals surface area contributed by atoms with Crippen LogP contribution in [-0.4, -0.2) is 0 Å². The van der Waals surface area contributed by atoms with Crippen LogP contribution in [0.4, 0.5) is 0 Å². The van der Waals surface area contributed by atoms with Crippen molar-refractivity contribution in [2.24, 2.45) is 0 Å². The maximum atomic E-state index is 12.3. The third-order valence-corrected chi connectivity index (χ3v) is 3.71. The zero-order chi connectivity index (χ0) is 13.7. The molecule has 0 fully saturated rings. The Morgan fingerprint density at radius 3 is 2.65 bits per heavy atom.